The van der Waals surface area contributed by atoms with Crippen molar-refractivity contribution in [3.05, 3.63) is 89.7 Å². The molecule has 2 nitrogen and oxygen atoms in total. The molecule has 2 aromatic heterocycles. The number of halogens is 1. The van der Waals surface area contributed by atoms with Crippen molar-refractivity contribution in [2.45, 2.75) is 12.8 Å². The van der Waals surface area contributed by atoms with Crippen LogP contribution in [-0.4, -0.2) is 4.57 Å². The average molecular weight is 409 g/mol. The monoisotopic (exact) mass is 408 g/mol. The summed E-state index contributed by atoms with van der Waals surface area (Å²) in [6, 6.07) is 23.8. The number of aryl methyl sites for hydroxylation is 1. The first-order chi connectivity index (χ1) is 11.9. The molecule has 5 rings (SSSR count). The highest BCUT2D eigenvalue weighted by molar-refractivity contribution is 7.13. The van der Waals surface area contributed by atoms with Gasteiger partial charge in [-0.2, -0.15) is 9.13 Å². The third-order valence-corrected chi connectivity index (χ3v) is 5.58. The number of para-hydroxylation sites is 2. The normalized spacial score (nSPS) is 12.2. The van der Waals surface area contributed by atoms with Crippen LogP contribution >= 0.6 is 11.3 Å². The molecular weight excluding hydrogens is 392 g/mol. The second-order valence-electron chi connectivity index (χ2n) is 6.08. The van der Waals surface area contributed by atoms with Gasteiger partial charge in [0.2, 0.25) is 0 Å². The highest BCUT2D eigenvalue weighted by Crippen LogP contribution is 2.31. The smallest absolute Gasteiger partial charge is 0.267 e. The summed E-state index contributed by atoms with van der Waals surface area (Å²) in [5.74, 6) is 1.35. The molecule has 0 spiro atoms. The van der Waals surface area contributed by atoms with Gasteiger partial charge in [0.15, 0.2) is 5.69 Å². The molecule has 1 aliphatic heterocycles. The van der Waals surface area contributed by atoms with E-state index < -0.39 is 0 Å². The van der Waals surface area contributed by atoms with Crippen molar-refractivity contribution >= 4 is 11.3 Å². The fraction of sp³-hybridized carbons (Fsp3) is 0.0952. The van der Waals surface area contributed by atoms with Gasteiger partial charge >= 0.3 is 0 Å². The summed E-state index contributed by atoms with van der Waals surface area (Å²) in [6.45, 7) is 0. The summed E-state index contributed by atoms with van der Waals surface area (Å²) < 4.78 is 4.79. The van der Waals surface area contributed by atoms with Gasteiger partial charge < -0.3 is 17.0 Å². The number of rotatable bonds is 2. The van der Waals surface area contributed by atoms with Crippen LogP contribution < -0.4 is 21.5 Å². The lowest BCUT2D eigenvalue weighted by Gasteiger charge is -2.13. The standard InChI is InChI=1S/C21H17N2S.BrH/c1-2-8-17(9-3-1)23-19(20-11-6-14-24-20)15-22-18-10-5-4-7-16(18)12-13-21(22)23;/h1-11,14-15H,12-13H2;1H/q+1;/p-1. The summed E-state index contributed by atoms with van der Waals surface area (Å²) >= 11 is 1.80. The number of imidazole rings is 1. The van der Waals surface area contributed by atoms with Gasteiger partial charge in [-0.15, -0.1) is 11.3 Å². The van der Waals surface area contributed by atoms with Crippen LogP contribution in [0.3, 0.4) is 0 Å². The molecule has 1 aliphatic rings. The molecule has 0 radical (unpaired) electrons. The summed E-state index contributed by atoms with van der Waals surface area (Å²) in [7, 11) is 0. The van der Waals surface area contributed by atoms with Crippen molar-refractivity contribution in [1.82, 2.24) is 4.57 Å². The van der Waals surface area contributed by atoms with E-state index in [0.717, 1.165) is 12.8 Å². The highest BCUT2D eigenvalue weighted by atomic mass is 79.9. The Morgan fingerprint density at radius 1 is 0.840 bits per heavy atom. The lowest BCUT2D eigenvalue weighted by molar-refractivity contribution is -0.606. The minimum absolute atomic E-state index is 0. The Labute approximate surface area is 161 Å². The first kappa shape index (κ1) is 16.3. The van der Waals surface area contributed by atoms with Crippen molar-refractivity contribution in [2.75, 3.05) is 0 Å². The zero-order valence-electron chi connectivity index (χ0n) is 13.6. The van der Waals surface area contributed by atoms with Gasteiger partial charge in [0.25, 0.3) is 5.82 Å². The number of nitrogens with zero attached hydrogens (tertiary/aromatic N) is 2. The van der Waals surface area contributed by atoms with Crippen LogP contribution in [0.1, 0.15) is 11.4 Å². The van der Waals surface area contributed by atoms with E-state index in [1.165, 1.54) is 33.3 Å². The Balaban J connectivity index is 0.00000157. The number of hydrogen-bond acceptors (Lipinski definition) is 1. The summed E-state index contributed by atoms with van der Waals surface area (Å²) in [5, 5.41) is 2.15. The average Bonchev–Trinajstić information content (AvgIpc) is 3.30. The van der Waals surface area contributed by atoms with E-state index >= 15 is 0 Å². The zero-order chi connectivity index (χ0) is 15.9. The van der Waals surface area contributed by atoms with Crippen molar-refractivity contribution in [3.63, 3.8) is 0 Å². The molecule has 0 fully saturated rings. The number of hydrogen-bond donors (Lipinski definition) is 0. The summed E-state index contributed by atoms with van der Waals surface area (Å²) in [4.78, 5) is 1.30. The van der Waals surface area contributed by atoms with Gasteiger partial charge in [0.1, 0.15) is 17.6 Å². The molecule has 25 heavy (non-hydrogen) atoms. The van der Waals surface area contributed by atoms with Crippen molar-refractivity contribution in [1.29, 1.82) is 0 Å². The fourth-order valence-electron chi connectivity index (χ4n) is 3.61. The highest BCUT2D eigenvalue weighted by Gasteiger charge is 2.31. The van der Waals surface area contributed by atoms with Crippen molar-refractivity contribution in [2.24, 2.45) is 0 Å². The molecule has 4 heteroatoms. The topological polar surface area (TPSA) is 8.81 Å². The number of thiophene rings is 1. The van der Waals surface area contributed by atoms with Gasteiger partial charge in [0, 0.05) is 0 Å². The van der Waals surface area contributed by atoms with Crippen molar-refractivity contribution < 1.29 is 21.5 Å². The first-order valence-corrected chi connectivity index (χ1v) is 9.13. The largest absolute Gasteiger partial charge is 1.00 e. The molecule has 0 unspecified atom stereocenters. The Bertz CT molecular complexity index is 1000. The predicted octanol–water partition coefficient (Wildman–Crippen LogP) is 1.59. The van der Waals surface area contributed by atoms with Gasteiger partial charge in [-0.3, -0.25) is 0 Å². The van der Waals surface area contributed by atoms with E-state index in [4.69, 9.17) is 0 Å². The second kappa shape index (κ2) is 6.62. The van der Waals surface area contributed by atoms with Crippen LogP contribution in [0.25, 0.3) is 21.9 Å². The van der Waals surface area contributed by atoms with E-state index in [9.17, 15) is 0 Å². The van der Waals surface area contributed by atoms with Crippen LogP contribution in [0.2, 0.25) is 0 Å². The van der Waals surface area contributed by atoms with E-state index in [-0.39, 0.29) is 17.0 Å². The molecule has 0 saturated heterocycles. The van der Waals surface area contributed by atoms with E-state index in [0.29, 0.717) is 0 Å². The minimum Gasteiger partial charge on any atom is -1.00 e. The summed E-state index contributed by atoms with van der Waals surface area (Å²) in [5.41, 5.74) is 5.24. The summed E-state index contributed by atoms with van der Waals surface area (Å²) in [6.07, 6.45) is 4.44. The van der Waals surface area contributed by atoms with Gasteiger partial charge in [0.05, 0.1) is 11.3 Å². The lowest BCUT2D eigenvalue weighted by Crippen LogP contribution is -3.00. The molecule has 2 aromatic carbocycles. The molecule has 0 saturated carbocycles. The predicted molar refractivity (Wildman–Crippen MR) is 98.0 cm³/mol. The molecule has 0 N–H and O–H groups in total. The van der Waals surface area contributed by atoms with Gasteiger partial charge in [-0.25, -0.2) is 0 Å². The quantitative estimate of drug-likeness (QED) is 0.445. The second-order valence-corrected chi connectivity index (χ2v) is 7.03. The maximum atomic E-state index is 2.42. The van der Waals surface area contributed by atoms with Crippen LogP contribution in [0.4, 0.5) is 0 Å². The molecule has 124 valence electrons. The maximum Gasteiger partial charge on any atom is 0.267 e. The van der Waals surface area contributed by atoms with Crippen LogP contribution in [0.5, 0.6) is 0 Å². The minimum atomic E-state index is 0. The van der Waals surface area contributed by atoms with Crippen LogP contribution in [0.15, 0.2) is 78.3 Å². The Morgan fingerprint density at radius 3 is 2.44 bits per heavy atom. The number of aromatic nitrogens is 2. The Morgan fingerprint density at radius 2 is 1.64 bits per heavy atom. The molecule has 0 bridgehead atoms. The molecule has 4 aromatic rings. The third-order valence-electron chi connectivity index (χ3n) is 4.69. The Hall–Kier alpha value is -2.17. The SMILES string of the molecule is [Br-].c1ccc(-n2c(-c3cccs3)c[n+]3c2CCc2ccccc2-3)cc1. The van der Waals surface area contributed by atoms with E-state index in [1.54, 1.807) is 11.3 Å². The van der Waals surface area contributed by atoms with Crippen molar-refractivity contribution in [3.8, 4) is 21.9 Å². The maximum absolute atomic E-state index is 2.42. The number of benzene rings is 2. The lowest BCUT2D eigenvalue weighted by atomic mass is 10.0. The molecule has 0 amide bonds. The fourth-order valence-corrected chi connectivity index (χ4v) is 4.33. The van der Waals surface area contributed by atoms with Gasteiger partial charge in [-0.1, -0.05) is 42.5 Å². The first-order valence-electron chi connectivity index (χ1n) is 8.26. The zero-order valence-corrected chi connectivity index (χ0v) is 16.0. The molecular formula is C21H17BrN2S. The van der Waals surface area contributed by atoms with Crippen LogP contribution in [0, 0.1) is 0 Å². The third kappa shape index (κ3) is 2.66. The van der Waals surface area contributed by atoms with E-state index in [2.05, 4.69) is 87.4 Å². The van der Waals surface area contributed by atoms with E-state index in [1.807, 2.05) is 0 Å². The molecule has 3 heterocycles. The van der Waals surface area contributed by atoms with Crippen LogP contribution in [-0.2, 0) is 12.8 Å². The Kier molecular flexibility index (Phi) is 4.32. The molecule has 0 atom stereocenters. The molecule has 0 aliphatic carbocycles. The number of fused-ring (bicyclic) bond motifs is 3. The van der Waals surface area contributed by atoms with Gasteiger partial charge in [-0.05, 0) is 41.6 Å².